The predicted molar refractivity (Wildman–Crippen MR) is 63.2 cm³/mol. The van der Waals surface area contributed by atoms with E-state index in [9.17, 15) is 4.79 Å². The second kappa shape index (κ2) is 5.32. The number of carbonyl (C=O) groups is 1. The summed E-state index contributed by atoms with van der Waals surface area (Å²) >= 11 is 3.19. The van der Waals surface area contributed by atoms with Gasteiger partial charge >= 0.3 is 5.97 Å². The van der Waals surface area contributed by atoms with Crippen LogP contribution in [-0.2, 0) is 17.9 Å². The molecule has 2 rings (SSSR count). The van der Waals surface area contributed by atoms with E-state index in [0.717, 1.165) is 0 Å². The lowest BCUT2D eigenvalue weighted by molar-refractivity contribution is 0.0684. The van der Waals surface area contributed by atoms with Gasteiger partial charge in [0.05, 0.1) is 12.3 Å². The van der Waals surface area contributed by atoms with Gasteiger partial charge in [0.15, 0.2) is 10.4 Å². The van der Waals surface area contributed by atoms with Crippen LogP contribution in [0.15, 0.2) is 21.2 Å². The predicted octanol–water partition coefficient (Wildman–Crippen LogP) is 1.53. The smallest absolute Gasteiger partial charge is 0.358 e. The van der Waals surface area contributed by atoms with Crippen LogP contribution in [0, 0.1) is 0 Å². The van der Waals surface area contributed by atoms with Gasteiger partial charge in [-0.25, -0.2) is 9.48 Å². The summed E-state index contributed by atoms with van der Waals surface area (Å²) in [4.78, 5) is 11.0. The van der Waals surface area contributed by atoms with E-state index in [2.05, 4.69) is 26.2 Å². The fourth-order valence-corrected chi connectivity index (χ4v) is 1.83. The Morgan fingerprint density at radius 3 is 2.94 bits per heavy atom. The van der Waals surface area contributed by atoms with Crippen LogP contribution in [0.4, 0.5) is 0 Å². The number of ether oxygens (including phenoxy) is 1. The molecule has 2 heterocycles. The van der Waals surface area contributed by atoms with Crippen LogP contribution < -0.4 is 0 Å². The standard InChI is InChI=1S/C10H10BrN3O4/c1-17-5-7-9(10(15)16)12-13-14(7)4-6-2-3-8(11)18-6/h2-3H,4-5H2,1H3,(H,15,16). The van der Waals surface area contributed by atoms with Crippen molar-refractivity contribution in [3.63, 3.8) is 0 Å². The molecule has 0 aromatic carbocycles. The summed E-state index contributed by atoms with van der Waals surface area (Å²) in [5.41, 5.74) is 0.292. The molecule has 0 fully saturated rings. The third-order valence-electron chi connectivity index (χ3n) is 2.26. The molecule has 0 spiro atoms. The van der Waals surface area contributed by atoms with Gasteiger partial charge in [-0.1, -0.05) is 5.21 Å². The van der Waals surface area contributed by atoms with Gasteiger partial charge < -0.3 is 14.3 Å². The van der Waals surface area contributed by atoms with Crippen molar-refractivity contribution < 1.29 is 19.1 Å². The van der Waals surface area contributed by atoms with Crippen LogP contribution in [0.25, 0.3) is 0 Å². The maximum Gasteiger partial charge on any atom is 0.358 e. The zero-order chi connectivity index (χ0) is 13.1. The Bertz CT molecular complexity index is 563. The number of aromatic carboxylic acids is 1. The van der Waals surface area contributed by atoms with Crippen LogP contribution in [0.3, 0.4) is 0 Å². The Hall–Kier alpha value is -1.67. The Morgan fingerprint density at radius 2 is 2.39 bits per heavy atom. The molecule has 0 saturated carbocycles. The van der Waals surface area contributed by atoms with Gasteiger partial charge in [0.1, 0.15) is 12.3 Å². The molecule has 0 bridgehead atoms. The van der Waals surface area contributed by atoms with E-state index >= 15 is 0 Å². The normalized spacial score (nSPS) is 10.8. The molecular formula is C10H10BrN3O4. The highest BCUT2D eigenvalue weighted by atomic mass is 79.9. The summed E-state index contributed by atoms with van der Waals surface area (Å²) in [6.07, 6.45) is 0. The van der Waals surface area contributed by atoms with Crippen molar-refractivity contribution in [1.82, 2.24) is 15.0 Å². The van der Waals surface area contributed by atoms with Gasteiger partial charge in [0.25, 0.3) is 0 Å². The molecule has 0 aliphatic rings. The highest BCUT2D eigenvalue weighted by molar-refractivity contribution is 9.10. The van der Waals surface area contributed by atoms with E-state index < -0.39 is 5.97 Å². The van der Waals surface area contributed by atoms with Gasteiger partial charge in [0, 0.05) is 7.11 Å². The molecule has 8 heteroatoms. The SMILES string of the molecule is COCc1c(C(=O)O)nnn1Cc1ccc(Br)o1. The van der Waals surface area contributed by atoms with Gasteiger partial charge in [-0.05, 0) is 28.1 Å². The maximum absolute atomic E-state index is 11.0. The third kappa shape index (κ3) is 2.59. The van der Waals surface area contributed by atoms with E-state index in [-0.39, 0.29) is 12.3 Å². The molecule has 0 aliphatic carbocycles. The average Bonchev–Trinajstić information content (AvgIpc) is 2.88. The molecular weight excluding hydrogens is 306 g/mol. The number of rotatable bonds is 5. The molecule has 0 unspecified atom stereocenters. The largest absolute Gasteiger partial charge is 0.476 e. The van der Waals surface area contributed by atoms with Crippen molar-refractivity contribution in [2.45, 2.75) is 13.2 Å². The minimum Gasteiger partial charge on any atom is -0.476 e. The van der Waals surface area contributed by atoms with E-state index in [1.165, 1.54) is 11.8 Å². The number of nitrogens with zero attached hydrogens (tertiary/aromatic N) is 3. The quantitative estimate of drug-likeness (QED) is 0.899. The topological polar surface area (TPSA) is 90.4 Å². The molecule has 96 valence electrons. The molecule has 0 aliphatic heterocycles. The molecule has 2 aromatic rings. The molecule has 7 nitrogen and oxygen atoms in total. The molecule has 1 N–H and O–H groups in total. The number of hydrogen-bond acceptors (Lipinski definition) is 5. The Kier molecular flexibility index (Phi) is 3.78. The monoisotopic (exact) mass is 315 g/mol. The fraction of sp³-hybridized carbons (Fsp3) is 0.300. The van der Waals surface area contributed by atoms with E-state index in [4.69, 9.17) is 14.3 Å². The Balaban J connectivity index is 2.29. The van der Waals surface area contributed by atoms with E-state index in [1.807, 2.05) is 0 Å². The highest BCUT2D eigenvalue weighted by Crippen LogP contribution is 2.16. The zero-order valence-electron chi connectivity index (χ0n) is 9.46. The van der Waals surface area contributed by atoms with Crippen LogP contribution >= 0.6 is 15.9 Å². The van der Waals surface area contributed by atoms with Gasteiger partial charge in [-0.2, -0.15) is 0 Å². The molecule has 0 radical (unpaired) electrons. The number of carboxylic acids is 1. The van der Waals surface area contributed by atoms with Crippen molar-refractivity contribution in [2.24, 2.45) is 0 Å². The second-order valence-corrected chi connectivity index (χ2v) is 4.27. The summed E-state index contributed by atoms with van der Waals surface area (Å²) in [5.74, 6) is -0.491. The lowest BCUT2D eigenvalue weighted by Crippen LogP contribution is -2.09. The van der Waals surface area contributed by atoms with E-state index in [1.54, 1.807) is 12.1 Å². The van der Waals surface area contributed by atoms with Crippen LogP contribution in [0.2, 0.25) is 0 Å². The minimum absolute atomic E-state index is 0.109. The van der Waals surface area contributed by atoms with Crippen LogP contribution in [0.1, 0.15) is 21.9 Å². The molecule has 0 atom stereocenters. The van der Waals surface area contributed by atoms with E-state index in [0.29, 0.717) is 22.7 Å². The minimum atomic E-state index is -1.13. The first kappa shape index (κ1) is 12.8. The Morgan fingerprint density at radius 1 is 1.61 bits per heavy atom. The van der Waals surface area contributed by atoms with Crippen LogP contribution in [-0.4, -0.2) is 33.2 Å². The maximum atomic E-state index is 11.0. The number of furan rings is 1. The van der Waals surface area contributed by atoms with Gasteiger partial charge in [-0.15, -0.1) is 5.10 Å². The molecule has 18 heavy (non-hydrogen) atoms. The van der Waals surface area contributed by atoms with Gasteiger partial charge in [-0.3, -0.25) is 0 Å². The number of carboxylic acid groups (broad SMARTS) is 1. The summed E-state index contributed by atoms with van der Waals surface area (Å²) < 4.78 is 12.3. The zero-order valence-corrected chi connectivity index (χ0v) is 11.0. The van der Waals surface area contributed by atoms with Crippen molar-refractivity contribution in [3.05, 3.63) is 34.0 Å². The molecule has 2 aromatic heterocycles. The lowest BCUT2D eigenvalue weighted by Gasteiger charge is -2.04. The molecule has 0 amide bonds. The van der Waals surface area contributed by atoms with Crippen molar-refractivity contribution in [2.75, 3.05) is 7.11 Å². The third-order valence-corrected chi connectivity index (χ3v) is 2.68. The number of methoxy groups -OCH3 is 1. The van der Waals surface area contributed by atoms with Crippen LogP contribution in [0.5, 0.6) is 0 Å². The fourth-order valence-electron chi connectivity index (χ4n) is 1.49. The summed E-state index contributed by atoms with van der Waals surface area (Å²) in [6, 6.07) is 3.52. The van der Waals surface area contributed by atoms with Crippen molar-refractivity contribution in [1.29, 1.82) is 0 Å². The Labute approximate surface area is 110 Å². The summed E-state index contributed by atoms with van der Waals surface area (Å²) in [7, 11) is 1.48. The first-order valence-corrected chi connectivity index (χ1v) is 5.80. The number of hydrogen-bond donors (Lipinski definition) is 1. The number of aromatic nitrogens is 3. The highest BCUT2D eigenvalue weighted by Gasteiger charge is 2.19. The van der Waals surface area contributed by atoms with Gasteiger partial charge in [0.2, 0.25) is 0 Å². The first-order chi connectivity index (χ1) is 8.61. The molecule has 0 saturated heterocycles. The van der Waals surface area contributed by atoms with Crippen molar-refractivity contribution in [3.8, 4) is 0 Å². The number of halogens is 1. The summed E-state index contributed by atoms with van der Waals surface area (Å²) in [5, 5.41) is 16.4. The lowest BCUT2D eigenvalue weighted by atomic mass is 10.3. The first-order valence-electron chi connectivity index (χ1n) is 5.00. The van der Waals surface area contributed by atoms with Crippen molar-refractivity contribution >= 4 is 21.9 Å². The summed E-state index contributed by atoms with van der Waals surface area (Å²) in [6.45, 7) is 0.418. The second-order valence-electron chi connectivity index (χ2n) is 3.49. The average molecular weight is 316 g/mol.